The number of amides is 1. The smallest absolute Gasteiger partial charge is 0.295 e. The molecule has 6 heteroatoms. The molecule has 0 bridgehead atoms. The molecular weight excluding hydrogens is 438 g/mol. The van der Waals surface area contributed by atoms with Crippen LogP contribution in [-0.4, -0.2) is 40.8 Å². The van der Waals surface area contributed by atoms with Crippen LogP contribution in [0.5, 0.6) is 0 Å². The highest BCUT2D eigenvalue weighted by Gasteiger charge is 2.46. The first-order chi connectivity index (χ1) is 16.9. The van der Waals surface area contributed by atoms with Gasteiger partial charge in [0.2, 0.25) is 0 Å². The highest BCUT2D eigenvalue weighted by Crippen LogP contribution is 2.41. The maximum absolute atomic E-state index is 13.3. The third-order valence-corrected chi connectivity index (χ3v) is 6.99. The van der Waals surface area contributed by atoms with Gasteiger partial charge in [0.1, 0.15) is 5.76 Å². The van der Waals surface area contributed by atoms with E-state index >= 15 is 0 Å². The summed E-state index contributed by atoms with van der Waals surface area (Å²) >= 11 is 0. The largest absolute Gasteiger partial charge is 0.507 e. The van der Waals surface area contributed by atoms with Gasteiger partial charge in [-0.25, -0.2) is 0 Å². The normalized spacial score (nSPS) is 19.0. The zero-order chi connectivity index (χ0) is 24.5. The first kappa shape index (κ1) is 22.8. The zero-order valence-corrected chi connectivity index (χ0v) is 20.1. The number of rotatable bonds is 5. The number of likely N-dealkylation sites (tertiary alicyclic amines) is 1. The monoisotopic (exact) mass is 467 g/mol. The van der Waals surface area contributed by atoms with Gasteiger partial charge in [0.25, 0.3) is 11.7 Å². The molecule has 2 heterocycles. The van der Waals surface area contributed by atoms with Crippen molar-refractivity contribution < 1.29 is 14.7 Å². The molecule has 1 aliphatic carbocycles. The zero-order valence-electron chi connectivity index (χ0n) is 20.1. The molecule has 178 valence electrons. The fourth-order valence-corrected chi connectivity index (χ4v) is 5.07. The van der Waals surface area contributed by atoms with E-state index in [1.54, 1.807) is 17.3 Å². The third kappa shape index (κ3) is 4.32. The van der Waals surface area contributed by atoms with E-state index in [4.69, 9.17) is 0 Å². The van der Waals surface area contributed by atoms with E-state index < -0.39 is 17.7 Å². The molecule has 0 saturated carbocycles. The maximum atomic E-state index is 13.3. The van der Waals surface area contributed by atoms with Gasteiger partial charge in [-0.1, -0.05) is 24.3 Å². The van der Waals surface area contributed by atoms with Crippen molar-refractivity contribution in [2.45, 2.75) is 38.3 Å². The summed E-state index contributed by atoms with van der Waals surface area (Å²) < 4.78 is 0. The highest BCUT2D eigenvalue weighted by molar-refractivity contribution is 6.46. The fourth-order valence-electron chi connectivity index (χ4n) is 5.07. The fraction of sp³-hybridized carbons (Fsp3) is 0.276. The van der Waals surface area contributed by atoms with Gasteiger partial charge < -0.3 is 14.9 Å². The van der Waals surface area contributed by atoms with Gasteiger partial charge in [0.15, 0.2) is 0 Å². The Balaban J connectivity index is 1.62. The Hall–Kier alpha value is -3.93. The Bertz CT molecular complexity index is 1300. The van der Waals surface area contributed by atoms with E-state index in [2.05, 4.69) is 4.98 Å². The molecule has 0 spiro atoms. The van der Waals surface area contributed by atoms with E-state index in [1.165, 1.54) is 17.5 Å². The molecular formula is C29H29N3O3. The summed E-state index contributed by atoms with van der Waals surface area (Å²) in [6.07, 6.45) is 7.61. The van der Waals surface area contributed by atoms with E-state index in [0.717, 1.165) is 36.1 Å². The second-order valence-corrected chi connectivity index (χ2v) is 9.46. The minimum absolute atomic E-state index is 0.115. The number of anilines is 1. The number of hydrogen-bond donors (Lipinski definition) is 1. The van der Waals surface area contributed by atoms with Gasteiger partial charge in [0.05, 0.1) is 11.6 Å². The lowest BCUT2D eigenvalue weighted by atomic mass is 9.88. The molecule has 6 nitrogen and oxygen atoms in total. The van der Waals surface area contributed by atoms with Crippen molar-refractivity contribution in [1.29, 1.82) is 0 Å². The summed E-state index contributed by atoms with van der Waals surface area (Å²) in [5.74, 6) is -1.38. The van der Waals surface area contributed by atoms with Crippen LogP contribution in [0.25, 0.3) is 5.76 Å². The van der Waals surface area contributed by atoms with Crippen molar-refractivity contribution in [2.24, 2.45) is 0 Å². The number of ketones is 1. The Morgan fingerprint density at radius 3 is 2.34 bits per heavy atom. The molecule has 1 N–H and O–H groups in total. The average molecular weight is 468 g/mol. The number of benzene rings is 2. The predicted octanol–water partition coefficient (Wildman–Crippen LogP) is 4.65. The number of aliphatic hydroxyl groups excluding tert-OH is 1. The van der Waals surface area contributed by atoms with E-state index in [9.17, 15) is 14.7 Å². The second kappa shape index (κ2) is 9.37. The Kier molecular flexibility index (Phi) is 6.12. The van der Waals surface area contributed by atoms with Gasteiger partial charge in [-0.2, -0.15) is 0 Å². The van der Waals surface area contributed by atoms with Crippen LogP contribution >= 0.6 is 0 Å². The minimum Gasteiger partial charge on any atom is -0.507 e. The lowest BCUT2D eigenvalue weighted by molar-refractivity contribution is -0.140. The predicted molar refractivity (Wildman–Crippen MR) is 136 cm³/mol. The molecule has 0 radical (unpaired) electrons. The van der Waals surface area contributed by atoms with Crippen LogP contribution in [0.2, 0.25) is 0 Å². The quantitative estimate of drug-likeness (QED) is 0.336. The molecule has 2 aliphatic rings. The Morgan fingerprint density at radius 2 is 1.66 bits per heavy atom. The van der Waals surface area contributed by atoms with Gasteiger partial charge >= 0.3 is 0 Å². The van der Waals surface area contributed by atoms with Gasteiger partial charge in [-0.3, -0.25) is 14.6 Å². The summed E-state index contributed by atoms with van der Waals surface area (Å²) in [4.78, 5) is 34.2. The van der Waals surface area contributed by atoms with Crippen molar-refractivity contribution in [3.63, 3.8) is 0 Å². The summed E-state index contributed by atoms with van der Waals surface area (Å²) in [5.41, 5.74) is 5.88. The molecule has 1 unspecified atom stereocenters. The average Bonchev–Trinajstić information content (AvgIpc) is 3.13. The van der Waals surface area contributed by atoms with Crippen LogP contribution in [0.4, 0.5) is 5.69 Å². The summed E-state index contributed by atoms with van der Waals surface area (Å²) in [6.45, 7) is 0.244. The number of Topliss-reactive ketones (excluding diaryl/α,β-unsaturated/α-hetero) is 1. The van der Waals surface area contributed by atoms with Crippen molar-refractivity contribution in [3.8, 4) is 0 Å². The van der Waals surface area contributed by atoms with Crippen molar-refractivity contribution in [2.75, 3.05) is 19.0 Å². The van der Waals surface area contributed by atoms with Gasteiger partial charge in [-0.05, 0) is 78.3 Å². The molecule has 1 aromatic heterocycles. The highest BCUT2D eigenvalue weighted by atomic mass is 16.3. The molecule has 5 rings (SSSR count). The first-order valence-corrected chi connectivity index (χ1v) is 12.0. The molecule has 35 heavy (non-hydrogen) atoms. The lowest BCUT2D eigenvalue weighted by Gasteiger charge is -2.26. The molecule has 3 aromatic rings. The molecule has 1 aliphatic heterocycles. The number of aromatic nitrogens is 1. The maximum Gasteiger partial charge on any atom is 0.295 e. The standard InChI is InChI=1S/C29H29N3O3/c1-31(2)24-11-9-21(10-12-24)26-25(27(33)23-8-7-20-5-3-4-6-22(20)17-23)28(34)29(35)32(26)18-19-13-15-30-16-14-19/h7-17,26,33H,3-6,18H2,1-2H3/b27-25-. The van der Waals surface area contributed by atoms with Crippen molar-refractivity contribution >= 4 is 23.1 Å². The minimum atomic E-state index is -0.685. The SMILES string of the molecule is CN(C)c1ccc(C2/C(=C(/O)c3ccc4c(c3)CCCC4)C(=O)C(=O)N2Cc2ccncc2)cc1. The van der Waals surface area contributed by atoms with Crippen LogP contribution in [0.3, 0.4) is 0 Å². The molecule has 1 amide bonds. The van der Waals surface area contributed by atoms with Gasteiger partial charge in [0, 0.05) is 44.3 Å². The number of carbonyl (C=O) groups excluding carboxylic acids is 2. The van der Waals surface area contributed by atoms with E-state index in [-0.39, 0.29) is 17.9 Å². The summed E-state index contributed by atoms with van der Waals surface area (Å²) in [5, 5.41) is 11.4. The Morgan fingerprint density at radius 1 is 0.971 bits per heavy atom. The number of hydrogen-bond acceptors (Lipinski definition) is 5. The second-order valence-electron chi connectivity index (χ2n) is 9.46. The van der Waals surface area contributed by atoms with Crippen LogP contribution in [0, 0.1) is 0 Å². The summed E-state index contributed by atoms with van der Waals surface area (Å²) in [6, 6.07) is 16.6. The topological polar surface area (TPSA) is 73.7 Å². The number of fused-ring (bicyclic) bond motifs is 1. The van der Waals surface area contributed by atoms with E-state index in [0.29, 0.717) is 5.56 Å². The number of carbonyl (C=O) groups is 2. The number of pyridine rings is 1. The number of aryl methyl sites for hydroxylation is 2. The lowest BCUT2D eigenvalue weighted by Crippen LogP contribution is -2.29. The van der Waals surface area contributed by atoms with Crippen LogP contribution in [-0.2, 0) is 29.0 Å². The molecule has 1 fully saturated rings. The van der Waals surface area contributed by atoms with Crippen LogP contribution < -0.4 is 4.90 Å². The Labute approximate surface area is 205 Å². The molecule has 2 aromatic carbocycles. The van der Waals surface area contributed by atoms with E-state index in [1.807, 2.05) is 73.6 Å². The summed E-state index contributed by atoms with van der Waals surface area (Å²) in [7, 11) is 3.92. The van der Waals surface area contributed by atoms with Crippen LogP contribution in [0.15, 0.2) is 72.6 Å². The van der Waals surface area contributed by atoms with Crippen LogP contribution in [0.1, 0.15) is 46.7 Å². The number of nitrogens with zero attached hydrogens (tertiary/aromatic N) is 3. The first-order valence-electron chi connectivity index (χ1n) is 12.0. The third-order valence-electron chi connectivity index (χ3n) is 6.99. The number of aliphatic hydroxyl groups is 1. The molecule has 1 saturated heterocycles. The van der Waals surface area contributed by atoms with Crippen molar-refractivity contribution in [3.05, 3.63) is 100 Å². The van der Waals surface area contributed by atoms with Gasteiger partial charge in [-0.15, -0.1) is 0 Å². The van der Waals surface area contributed by atoms with Crippen molar-refractivity contribution in [1.82, 2.24) is 9.88 Å². The molecule has 1 atom stereocenters.